The quantitative estimate of drug-likeness (QED) is 0.254. The fourth-order valence-corrected chi connectivity index (χ4v) is 3.70. The first-order valence-corrected chi connectivity index (χ1v) is 12.0. The first-order valence-electron chi connectivity index (χ1n) is 12.0. The van der Waals surface area contributed by atoms with Crippen molar-refractivity contribution in [2.24, 2.45) is 10.9 Å². The highest BCUT2D eigenvalue weighted by Gasteiger charge is 2.35. The van der Waals surface area contributed by atoms with Gasteiger partial charge in [0.25, 0.3) is 0 Å². The molecule has 0 atom stereocenters. The lowest BCUT2D eigenvalue weighted by molar-refractivity contribution is -0.120. The molecule has 0 aromatic carbocycles. The molecular weight excluding hydrogens is 521 g/mol. The zero-order chi connectivity index (χ0) is 22.9. The fraction of sp³-hybridized carbons (Fsp3) is 0.870. The molecule has 0 radical (unpaired) electrons. The van der Waals surface area contributed by atoms with Crippen molar-refractivity contribution in [2.75, 3.05) is 39.3 Å². The maximum absolute atomic E-state index is 12.8. The first kappa shape index (κ1) is 28.8. The number of piperidine rings is 1. The van der Waals surface area contributed by atoms with Crippen LogP contribution in [-0.4, -0.2) is 78.7 Å². The van der Waals surface area contributed by atoms with Gasteiger partial charge in [-0.15, -0.1) is 24.0 Å². The third-order valence-corrected chi connectivity index (χ3v) is 5.49. The Morgan fingerprint density at radius 1 is 1.09 bits per heavy atom. The first-order chi connectivity index (χ1) is 14.7. The Balaban J connectivity index is 0.00000512. The van der Waals surface area contributed by atoms with Crippen molar-refractivity contribution in [3.05, 3.63) is 0 Å². The van der Waals surface area contributed by atoms with Crippen LogP contribution in [0.1, 0.15) is 73.1 Å². The lowest BCUT2D eigenvalue weighted by Crippen LogP contribution is -2.52. The lowest BCUT2D eigenvalue weighted by atomic mass is 10.0. The summed E-state index contributed by atoms with van der Waals surface area (Å²) in [7, 11) is 0. The van der Waals surface area contributed by atoms with Crippen molar-refractivity contribution in [1.29, 1.82) is 0 Å². The van der Waals surface area contributed by atoms with E-state index in [-0.39, 0.29) is 42.0 Å². The maximum atomic E-state index is 12.8. The summed E-state index contributed by atoms with van der Waals surface area (Å²) < 4.78 is 5.70. The summed E-state index contributed by atoms with van der Waals surface area (Å²) in [4.78, 5) is 33.5. The Labute approximate surface area is 211 Å². The zero-order valence-corrected chi connectivity index (χ0v) is 22.9. The van der Waals surface area contributed by atoms with E-state index in [0.29, 0.717) is 25.4 Å². The number of guanidine groups is 1. The molecule has 0 spiro atoms. The largest absolute Gasteiger partial charge is 0.444 e. The number of nitrogens with zero attached hydrogens (tertiary/aromatic N) is 3. The van der Waals surface area contributed by atoms with Crippen LogP contribution in [0.15, 0.2) is 4.99 Å². The number of nitrogens with one attached hydrogen (secondary N) is 2. The fourth-order valence-electron chi connectivity index (χ4n) is 3.70. The van der Waals surface area contributed by atoms with Gasteiger partial charge in [0.15, 0.2) is 5.96 Å². The van der Waals surface area contributed by atoms with E-state index in [1.165, 1.54) is 12.8 Å². The van der Waals surface area contributed by atoms with E-state index in [4.69, 9.17) is 4.74 Å². The highest BCUT2D eigenvalue weighted by Crippen LogP contribution is 2.32. The predicted molar refractivity (Wildman–Crippen MR) is 140 cm³/mol. The minimum atomic E-state index is -0.478. The van der Waals surface area contributed by atoms with E-state index in [2.05, 4.69) is 27.4 Å². The van der Waals surface area contributed by atoms with Gasteiger partial charge < -0.3 is 25.2 Å². The van der Waals surface area contributed by atoms with Gasteiger partial charge in [-0.3, -0.25) is 9.79 Å². The Bertz CT molecular complexity index is 611. The van der Waals surface area contributed by atoms with Gasteiger partial charge in [-0.05, 0) is 65.7 Å². The molecule has 1 saturated carbocycles. The molecule has 32 heavy (non-hydrogen) atoms. The lowest BCUT2D eigenvalue weighted by Gasteiger charge is -2.40. The van der Waals surface area contributed by atoms with Gasteiger partial charge in [0.1, 0.15) is 5.60 Å². The van der Waals surface area contributed by atoms with Crippen LogP contribution in [0.3, 0.4) is 0 Å². The molecule has 1 aliphatic heterocycles. The van der Waals surface area contributed by atoms with Crippen molar-refractivity contribution in [3.8, 4) is 0 Å². The Hall–Kier alpha value is -1.26. The molecule has 2 amide bonds. The molecule has 2 fully saturated rings. The van der Waals surface area contributed by atoms with E-state index in [9.17, 15) is 9.59 Å². The number of aliphatic imine (C=N–C) groups is 1. The summed E-state index contributed by atoms with van der Waals surface area (Å²) in [6.07, 6.45) is 5.37. The number of amides is 2. The van der Waals surface area contributed by atoms with Gasteiger partial charge in [-0.2, -0.15) is 0 Å². The smallest absolute Gasteiger partial charge is 0.410 e. The van der Waals surface area contributed by atoms with E-state index < -0.39 is 5.60 Å². The summed E-state index contributed by atoms with van der Waals surface area (Å²) in [5.41, 5.74) is -0.478. The van der Waals surface area contributed by atoms with E-state index in [1.807, 2.05) is 32.6 Å². The normalized spacial score (nSPS) is 17.4. The van der Waals surface area contributed by atoms with E-state index in [1.54, 1.807) is 0 Å². The molecule has 2 aliphatic rings. The van der Waals surface area contributed by atoms with Gasteiger partial charge in [-0.1, -0.05) is 6.92 Å². The monoisotopic (exact) mass is 565 g/mol. The van der Waals surface area contributed by atoms with Crippen molar-refractivity contribution < 1.29 is 14.3 Å². The van der Waals surface area contributed by atoms with Crippen LogP contribution in [0.2, 0.25) is 0 Å². The molecule has 1 aliphatic carbocycles. The van der Waals surface area contributed by atoms with Crippen LogP contribution in [-0.2, 0) is 9.53 Å². The predicted octanol–water partition coefficient (Wildman–Crippen LogP) is 3.60. The average Bonchev–Trinajstić information content (AvgIpc) is 3.53. The van der Waals surface area contributed by atoms with Gasteiger partial charge in [0, 0.05) is 45.2 Å². The van der Waals surface area contributed by atoms with Crippen molar-refractivity contribution in [1.82, 2.24) is 20.4 Å². The van der Waals surface area contributed by atoms with Gasteiger partial charge in [0.05, 0.1) is 6.54 Å². The molecule has 1 heterocycles. The molecule has 186 valence electrons. The molecule has 1 saturated heterocycles. The Morgan fingerprint density at radius 2 is 1.75 bits per heavy atom. The summed E-state index contributed by atoms with van der Waals surface area (Å²) >= 11 is 0. The number of rotatable bonds is 9. The Morgan fingerprint density at radius 3 is 2.28 bits per heavy atom. The number of hydrogen-bond acceptors (Lipinski definition) is 4. The standard InChI is InChI=1S/C23H43N5O3.HI/c1-6-13-25-20(29)10-14-26-21(24-7-2)27-15-11-19(12-16-27)28(17-18-8-9-18)22(30)31-23(3,4)5;/h18-19H,6-17H2,1-5H3,(H,24,26)(H,25,29);1H. The summed E-state index contributed by atoms with van der Waals surface area (Å²) in [6.45, 7) is 14.3. The highest BCUT2D eigenvalue weighted by atomic mass is 127. The molecule has 2 N–H and O–H groups in total. The molecule has 2 rings (SSSR count). The minimum Gasteiger partial charge on any atom is -0.444 e. The highest BCUT2D eigenvalue weighted by molar-refractivity contribution is 14.0. The molecule has 0 aromatic rings. The second-order valence-corrected chi connectivity index (χ2v) is 9.63. The third-order valence-electron chi connectivity index (χ3n) is 5.49. The van der Waals surface area contributed by atoms with E-state index in [0.717, 1.165) is 51.4 Å². The second kappa shape index (κ2) is 14.1. The number of likely N-dealkylation sites (tertiary alicyclic amines) is 1. The van der Waals surface area contributed by atoms with Crippen LogP contribution in [0.5, 0.6) is 0 Å². The minimum absolute atomic E-state index is 0. The molecule has 0 bridgehead atoms. The molecule has 8 nitrogen and oxygen atoms in total. The van der Waals surface area contributed by atoms with Crippen molar-refractivity contribution >= 4 is 41.9 Å². The van der Waals surface area contributed by atoms with Gasteiger partial charge in [-0.25, -0.2) is 4.79 Å². The topological polar surface area (TPSA) is 86.3 Å². The maximum Gasteiger partial charge on any atom is 0.410 e. The van der Waals surface area contributed by atoms with Crippen LogP contribution in [0.25, 0.3) is 0 Å². The van der Waals surface area contributed by atoms with Crippen molar-refractivity contribution in [2.45, 2.75) is 84.8 Å². The SMILES string of the molecule is CCCNC(=O)CCN=C(NCC)N1CCC(N(CC2CC2)C(=O)OC(C)(C)C)CC1.I. The van der Waals surface area contributed by atoms with E-state index >= 15 is 0 Å². The zero-order valence-electron chi connectivity index (χ0n) is 20.6. The Kier molecular flexibility index (Phi) is 12.7. The number of halogens is 1. The number of ether oxygens (including phenoxy) is 1. The van der Waals surface area contributed by atoms with Crippen LogP contribution in [0.4, 0.5) is 4.79 Å². The third kappa shape index (κ3) is 10.6. The van der Waals surface area contributed by atoms with Gasteiger partial charge >= 0.3 is 6.09 Å². The van der Waals surface area contributed by atoms with Crippen molar-refractivity contribution in [3.63, 3.8) is 0 Å². The molecular formula is C23H44IN5O3. The van der Waals surface area contributed by atoms with Crippen LogP contribution < -0.4 is 10.6 Å². The molecule has 0 aromatic heterocycles. The number of carbonyl (C=O) groups excluding carboxylic acids is 2. The van der Waals surface area contributed by atoms with Crippen LogP contribution >= 0.6 is 24.0 Å². The molecule has 9 heteroatoms. The number of hydrogen-bond donors (Lipinski definition) is 2. The summed E-state index contributed by atoms with van der Waals surface area (Å²) in [5.74, 6) is 1.53. The summed E-state index contributed by atoms with van der Waals surface area (Å²) in [5, 5.41) is 6.24. The molecule has 0 unspecified atom stereocenters. The van der Waals surface area contributed by atoms with Crippen LogP contribution in [0, 0.1) is 5.92 Å². The second-order valence-electron chi connectivity index (χ2n) is 9.63. The average molecular weight is 566 g/mol. The van der Waals surface area contributed by atoms with Gasteiger partial charge in [0.2, 0.25) is 5.91 Å². The summed E-state index contributed by atoms with van der Waals surface area (Å²) in [6, 6.07) is 0.203. The number of carbonyl (C=O) groups is 2.